The minimum Gasteiger partial charge on any atom is -0.390 e. The van der Waals surface area contributed by atoms with Crippen LogP contribution < -0.4 is 0 Å². The normalized spacial score (nSPS) is 24.1. The molecule has 0 saturated heterocycles. The molecular formula is C24H33NO2. The van der Waals surface area contributed by atoms with Gasteiger partial charge in [0.15, 0.2) is 0 Å². The van der Waals surface area contributed by atoms with Crippen LogP contribution in [0.1, 0.15) is 36.8 Å². The highest BCUT2D eigenvalue weighted by Crippen LogP contribution is 2.43. The molecule has 1 aliphatic carbocycles. The predicted molar refractivity (Wildman–Crippen MR) is 111 cm³/mol. The van der Waals surface area contributed by atoms with E-state index in [-0.39, 0.29) is 11.6 Å². The lowest BCUT2D eigenvalue weighted by atomic mass is 9.70. The van der Waals surface area contributed by atoms with E-state index in [1.54, 1.807) is 0 Å². The highest BCUT2D eigenvalue weighted by atomic mass is 16.5. The van der Waals surface area contributed by atoms with Gasteiger partial charge in [-0.25, -0.2) is 0 Å². The van der Waals surface area contributed by atoms with Crippen LogP contribution in [0.2, 0.25) is 0 Å². The summed E-state index contributed by atoms with van der Waals surface area (Å²) in [5, 5.41) is 10.6. The molecule has 27 heavy (non-hydrogen) atoms. The molecule has 0 amide bonds. The van der Waals surface area contributed by atoms with Crippen LogP contribution in [0.4, 0.5) is 0 Å². The van der Waals surface area contributed by atoms with Crippen LogP contribution >= 0.6 is 0 Å². The van der Waals surface area contributed by atoms with Gasteiger partial charge in [0.05, 0.1) is 19.3 Å². The minimum absolute atomic E-state index is 0.0889. The molecule has 3 heteroatoms. The molecule has 1 aliphatic rings. The van der Waals surface area contributed by atoms with Crippen LogP contribution in [0.25, 0.3) is 0 Å². The quantitative estimate of drug-likeness (QED) is 0.708. The van der Waals surface area contributed by atoms with Crippen molar-refractivity contribution >= 4 is 0 Å². The number of hydrogen-bond donors (Lipinski definition) is 1. The van der Waals surface area contributed by atoms with Crippen molar-refractivity contribution in [1.82, 2.24) is 4.90 Å². The van der Waals surface area contributed by atoms with Gasteiger partial charge in [0.1, 0.15) is 0 Å². The average Bonchev–Trinajstić information content (AvgIpc) is 2.72. The van der Waals surface area contributed by atoms with Gasteiger partial charge in [0, 0.05) is 5.54 Å². The summed E-state index contributed by atoms with van der Waals surface area (Å²) in [4.78, 5) is 2.36. The number of rotatable bonds is 8. The summed E-state index contributed by atoms with van der Waals surface area (Å²) in [5.74, 6) is 0.332. The molecule has 1 atom stereocenters. The maximum atomic E-state index is 10.6. The number of hydrogen-bond acceptors (Lipinski definition) is 3. The molecule has 3 rings (SSSR count). The van der Waals surface area contributed by atoms with E-state index in [1.165, 1.54) is 11.1 Å². The Kier molecular flexibility index (Phi) is 7.06. The van der Waals surface area contributed by atoms with Gasteiger partial charge in [-0.1, -0.05) is 60.7 Å². The summed E-state index contributed by atoms with van der Waals surface area (Å²) in [6, 6.07) is 21.2. The van der Waals surface area contributed by atoms with Crippen molar-refractivity contribution in [2.45, 2.75) is 43.7 Å². The van der Waals surface area contributed by atoms with Crippen molar-refractivity contribution < 1.29 is 9.84 Å². The van der Waals surface area contributed by atoms with Crippen LogP contribution in [0.5, 0.6) is 0 Å². The van der Waals surface area contributed by atoms with Crippen LogP contribution in [-0.2, 0) is 16.7 Å². The van der Waals surface area contributed by atoms with E-state index in [4.69, 9.17) is 4.74 Å². The van der Waals surface area contributed by atoms with Crippen molar-refractivity contribution in [3.8, 4) is 0 Å². The van der Waals surface area contributed by atoms with Gasteiger partial charge in [-0.15, -0.1) is 0 Å². The third-order valence-corrected chi connectivity index (χ3v) is 6.24. The zero-order valence-corrected chi connectivity index (χ0v) is 16.7. The second-order valence-electron chi connectivity index (χ2n) is 8.01. The molecule has 0 bridgehead atoms. The molecule has 0 aliphatic heterocycles. The molecule has 146 valence electrons. The van der Waals surface area contributed by atoms with E-state index in [2.05, 4.69) is 73.6 Å². The average molecular weight is 368 g/mol. The summed E-state index contributed by atoms with van der Waals surface area (Å²) < 4.78 is 5.78. The van der Waals surface area contributed by atoms with Crippen LogP contribution in [0.3, 0.4) is 0 Å². The van der Waals surface area contributed by atoms with Crippen LogP contribution in [-0.4, -0.2) is 43.4 Å². The third-order valence-electron chi connectivity index (χ3n) is 6.24. The Hall–Kier alpha value is -1.68. The molecule has 0 spiro atoms. The van der Waals surface area contributed by atoms with Crippen LogP contribution in [0, 0.1) is 5.92 Å². The molecule has 2 aromatic carbocycles. The molecular weight excluding hydrogens is 334 g/mol. The summed E-state index contributed by atoms with van der Waals surface area (Å²) in [7, 11) is 4.35. The summed E-state index contributed by atoms with van der Waals surface area (Å²) in [6.45, 7) is 1.11. The minimum atomic E-state index is -0.364. The van der Waals surface area contributed by atoms with E-state index >= 15 is 0 Å². The lowest BCUT2D eigenvalue weighted by molar-refractivity contribution is -0.0245. The first-order valence-electron chi connectivity index (χ1n) is 10.1. The number of benzene rings is 2. The zero-order chi connectivity index (χ0) is 19.1. The van der Waals surface area contributed by atoms with Crippen molar-refractivity contribution in [2.24, 2.45) is 5.92 Å². The van der Waals surface area contributed by atoms with Gasteiger partial charge >= 0.3 is 0 Å². The molecule has 2 aromatic rings. The van der Waals surface area contributed by atoms with Gasteiger partial charge in [-0.05, 0) is 63.2 Å². The first kappa shape index (κ1) is 20.1. The fourth-order valence-corrected chi connectivity index (χ4v) is 4.42. The molecule has 0 aromatic heterocycles. The van der Waals surface area contributed by atoms with Crippen molar-refractivity contribution in [3.63, 3.8) is 0 Å². The fourth-order valence-electron chi connectivity index (χ4n) is 4.42. The molecule has 0 heterocycles. The number of nitrogens with zero attached hydrogens (tertiary/aromatic N) is 1. The monoisotopic (exact) mass is 367 g/mol. The maximum absolute atomic E-state index is 10.6. The van der Waals surface area contributed by atoms with Gasteiger partial charge < -0.3 is 9.84 Å². The smallest absolute Gasteiger partial charge is 0.0801 e. The SMILES string of the molecule is CN(C)C1(c2ccccc2)CCC(C(O)COCCc2ccccc2)CC1. The van der Waals surface area contributed by atoms with Crippen LogP contribution in [0.15, 0.2) is 60.7 Å². The summed E-state index contributed by atoms with van der Waals surface area (Å²) in [6.07, 6.45) is 4.77. The second-order valence-corrected chi connectivity index (χ2v) is 8.01. The van der Waals surface area contributed by atoms with E-state index in [0.29, 0.717) is 19.1 Å². The lowest BCUT2D eigenvalue weighted by Crippen LogP contribution is -2.46. The highest BCUT2D eigenvalue weighted by Gasteiger charge is 2.40. The number of ether oxygens (including phenoxy) is 1. The van der Waals surface area contributed by atoms with Crippen molar-refractivity contribution in [1.29, 1.82) is 0 Å². The molecule has 0 radical (unpaired) electrons. The Morgan fingerprint density at radius 2 is 1.59 bits per heavy atom. The maximum Gasteiger partial charge on any atom is 0.0801 e. The Morgan fingerprint density at radius 3 is 2.19 bits per heavy atom. The van der Waals surface area contributed by atoms with Gasteiger partial charge in [0.2, 0.25) is 0 Å². The van der Waals surface area contributed by atoms with Gasteiger partial charge in [0.25, 0.3) is 0 Å². The first-order chi connectivity index (χ1) is 13.1. The Bertz CT molecular complexity index is 663. The number of aliphatic hydroxyl groups is 1. The lowest BCUT2D eigenvalue weighted by Gasteiger charge is -2.46. The Morgan fingerprint density at radius 1 is 1.00 bits per heavy atom. The van der Waals surface area contributed by atoms with E-state index < -0.39 is 0 Å². The number of aliphatic hydroxyl groups excluding tert-OH is 1. The third kappa shape index (κ3) is 4.98. The fraction of sp³-hybridized carbons (Fsp3) is 0.500. The first-order valence-corrected chi connectivity index (χ1v) is 10.1. The van der Waals surface area contributed by atoms with Crippen molar-refractivity contribution in [2.75, 3.05) is 27.3 Å². The Labute approximate surface area is 164 Å². The predicted octanol–water partition coefficient (Wildman–Crippen LogP) is 4.25. The van der Waals surface area contributed by atoms with E-state index in [0.717, 1.165) is 32.1 Å². The van der Waals surface area contributed by atoms with Crippen molar-refractivity contribution in [3.05, 3.63) is 71.8 Å². The molecule has 3 nitrogen and oxygen atoms in total. The topological polar surface area (TPSA) is 32.7 Å². The second kappa shape index (κ2) is 9.50. The molecule has 1 unspecified atom stereocenters. The van der Waals surface area contributed by atoms with E-state index in [1.807, 2.05) is 6.07 Å². The zero-order valence-electron chi connectivity index (χ0n) is 16.7. The van der Waals surface area contributed by atoms with Gasteiger partial charge in [-0.3, -0.25) is 4.90 Å². The molecule has 1 fully saturated rings. The molecule has 1 N–H and O–H groups in total. The highest BCUT2D eigenvalue weighted by molar-refractivity contribution is 5.25. The Balaban J connectivity index is 1.47. The largest absolute Gasteiger partial charge is 0.390 e. The standard InChI is InChI=1S/C24H33NO2/c1-25(2)24(22-11-7-4-8-12-22)16-13-21(14-17-24)23(26)19-27-18-15-20-9-5-3-6-10-20/h3-12,21,23,26H,13-19H2,1-2H3. The summed E-state index contributed by atoms with van der Waals surface area (Å²) >= 11 is 0. The molecule has 1 saturated carbocycles. The summed E-state index contributed by atoms with van der Waals surface area (Å²) in [5.41, 5.74) is 2.76. The van der Waals surface area contributed by atoms with Gasteiger partial charge in [-0.2, -0.15) is 0 Å². The van der Waals surface area contributed by atoms with E-state index in [9.17, 15) is 5.11 Å².